The number of ether oxygens (including phenoxy) is 1. The van der Waals surface area contributed by atoms with Gasteiger partial charge in [0.1, 0.15) is 5.75 Å². The molecule has 2 rings (SSSR count). The van der Waals surface area contributed by atoms with Crippen LogP contribution in [0.25, 0.3) is 0 Å². The Hall–Kier alpha value is -1.51. The zero-order valence-corrected chi connectivity index (χ0v) is 12.7. The molecule has 2 nitrogen and oxygen atoms in total. The van der Waals surface area contributed by atoms with Gasteiger partial charge in [-0.15, -0.1) is 0 Å². The van der Waals surface area contributed by atoms with Gasteiger partial charge in [0.15, 0.2) is 0 Å². The van der Waals surface area contributed by atoms with Crippen molar-refractivity contribution in [3.63, 3.8) is 0 Å². The lowest BCUT2D eigenvalue weighted by molar-refractivity contribution is 0.176. The first-order valence-corrected chi connectivity index (χ1v) is 6.97. The standard InChI is InChI=1S/C17H19ClO2/c1-11-5-4-6-12(2)17(11)15(19)10-13-9-14(18)7-8-16(13)20-3/h4-9,15,19H,10H2,1-3H3. The van der Waals surface area contributed by atoms with E-state index in [4.69, 9.17) is 16.3 Å². The molecule has 0 fully saturated rings. The van der Waals surface area contributed by atoms with E-state index in [0.29, 0.717) is 11.4 Å². The number of aliphatic hydroxyl groups excluding tert-OH is 1. The van der Waals surface area contributed by atoms with E-state index in [0.717, 1.165) is 28.0 Å². The molecule has 0 aliphatic carbocycles. The van der Waals surface area contributed by atoms with Gasteiger partial charge in [0.2, 0.25) is 0 Å². The van der Waals surface area contributed by atoms with E-state index in [1.54, 1.807) is 13.2 Å². The molecule has 0 spiro atoms. The van der Waals surface area contributed by atoms with Gasteiger partial charge in [-0.2, -0.15) is 0 Å². The molecular formula is C17H19ClO2. The normalized spacial score (nSPS) is 12.2. The molecule has 2 aromatic carbocycles. The Labute approximate surface area is 125 Å². The quantitative estimate of drug-likeness (QED) is 0.912. The molecule has 0 saturated heterocycles. The maximum absolute atomic E-state index is 10.5. The molecule has 20 heavy (non-hydrogen) atoms. The number of aryl methyl sites for hydroxylation is 2. The van der Waals surface area contributed by atoms with Crippen molar-refractivity contribution in [2.75, 3.05) is 7.11 Å². The van der Waals surface area contributed by atoms with Gasteiger partial charge < -0.3 is 9.84 Å². The third-order valence-corrected chi connectivity index (χ3v) is 3.77. The van der Waals surface area contributed by atoms with Crippen molar-refractivity contribution in [1.82, 2.24) is 0 Å². The van der Waals surface area contributed by atoms with Crippen molar-refractivity contribution in [2.24, 2.45) is 0 Å². The number of aliphatic hydroxyl groups is 1. The molecule has 0 bridgehead atoms. The number of methoxy groups -OCH3 is 1. The van der Waals surface area contributed by atoms with Crippen molar-refractivity contribution in [1.29, 1.82) is 0 Å². The molecule has 0 saturated carbocycles. The highest BCUT2D eigenvalue weighted by molar-refractivity contribution is 6.30. The lowest BCUT2D eigenvalue weighted by atomic mass is 9.93. The Morgan fingerprint density at radius 3 is 2.40 bits per heavy atom. The molecular weight excluding hydrogens is 272 g/mol. The summed E-state index contributed by atoms with van der Waals surface area (Å²) in [4.78, 5) is 0. The number of hydrogen-bond acceptors (Lipinski definition) is 2. The highest BCUT2D eigenvalue weighted by Gasteiger charge is 2.16. The molecule has 0 amide bonds. The van der Waals surface area contributed by atoms with Gasteiger partial charge in [0.05, 0.1) is 13.2 Å². The third-order valence-electron chi connectivity index (χ3n) is 3.53. The van der Waals surface area contributed by atoms with Crippen LogP contribution < -0.4 is 4.74 Å². The second-order valence-corrected chi connectivity index (χ2v) is 5.42. The van der Waals surface area contributed by atoms with Gasteiger partial charge >= 0.3 is 0 Å². The monoisotopic (exact) mass is 290 g/mol. The largest absolute Gasteiger partial charge is 0.496 e. The first-order chi connectivity index (χ1) is 9.52. The average Bonchev–Trinajstić information content (AvgIpc) is 2.38. The maximum Gasteiger partial charge on any atom is 0.122 e. The molecule has 106 valence electrons. The van der Waals surface area contributed by atoms with E-state index < -0.39 is 6.10 Å². The lowest BCUT2D eigenvalue weighted by Crippen LogP contribution is -2.07. The highest BCUT2D eigenvalue weighted by Crippen LogP contribution is 2.30. The summed E-state index contributed by atoms with van der Waals surface area (Å²) in [5, 5.41) is 11.2. The molecule has 0 aliphatic rings. The molecule has 1 unspecified atom stereocenters. The van der Waals surface area contributed by atoms with E-state index in [2.05, 4.69) is 0 Å². The summed E-state index contributed by atoms with van der Waals surface area (Å²) >= 11 is 6.03. The fourth-order valence-electron chi connectivity index (χ4n) is 2.57. The van der Waals surface area contributed by atoms with Crippen molar-refractivity contribution >= 4 is 11.6 Å². The minimum absolute atomic E-state index is 0.482. The summed E-state index contributed by atoms with van der Waals surface area (Å²) < 4.78 is 5.33. The number of halogens is 1. The summed E-state index contributed by atoms with van der Waals surface area (Å²) in [7, 11) is 1.62. The van der Waals surface area contributed by atoms with Crippen LogP contribution in [0, 0.1) is 13.8 Å². The van der Waals surface area contributed by atoms with Gasteiger partial charge in [-0.25, -0.2) is 0 Å². The van der Waals surface area contributed by atoms with Crippen LogP contribution in [0.1, 0.15) is 28.4 Å². The van der Waals surface area contributed by atoms with Crippen molar-refractivity contribution in [3.8, 4) is 5.75 Å². The van der Waals surface area contributed by atoms with Crippen LogP contribution in [0.15, 0.2) is 36.4 Å². The number of hydrogen-bond donors (Lipinski definition) is 1. The fourth-order valence-corrected chi connectivity index (χ4v) is 2.76. The number of benzene rings is 2. The van der Waals surface area contributed by atoms with Crippen LogP contribution >= 0.6 is 11.6 Å². The molecule has 3 heteroatoms. The summed E-state index contributed by atoms with van der Waals surface area (Å²) in [5.41, 5.74) is 4.08. The molecule has 0 aliphatic heterocycles. The minimum Gasteiger partial charge on any atom is -0.496 e. The predicted octanol–water partition coefficient (Wildman–Crippen LogP) is 4.24. The zero-order valence-electron chi connectivity index (χ0n) is 12.0. The topological polar surface area (TPSA) is 29.5 Å². The van der Waals surface area contributed by atoms with E-state index in [1.165, 1.54) is 0 Å². The third kappa shape index (κ3) is 3.14. The zero-order chi connectivity index (χ0) is 14.7. The van der Waals surface area contributed by atoms with Crippen LogP contribution in [0.4, 0.5) is 0 Å². The van der Waals surface area contributed by atoms with Crippen LogP contribution in [0.3, 0.4) is 0 Å². The van der Waals surface area contributed by atoms with E-state index in [9.17, 15) is 5.11 Å². The predicted molar refractivity (Wildman–Crippen MR) is 82.6 cm³/mol. The molecule has 0 radical (unpaired) electrons. The van der Waals surface area contributed by atoms with Crippen molar-refractivity contribution in [2.45, 2.75) is 26.4 Å². The Balaban J connectivity index is 2.32. The molecule has 2 aromatic rings. The van der Waals surface area contributed by atoms with Gasteiger partial charge in [-0.05, 0) is 54.3 Å². The Morgan fingerprint density at radius 1 is 1.15 bits per heavy atom. The minimum atomic E-state index is -0.566. The Bertz CT molecular complexity index is 588. The fraction of sp³-hybridized carbons (Fsp3) is 0.294. The molecule has 0 heterocycles. The number of rotatable bonds is 4. The summed E-state index contributed by atoms with van der Waals surface area (Å²) in [6, 6.07) is 11.5. The average molecular weight is 291 g/mol. The van der Waals surface area contributed by atoms with Gasteiger partial charge in [-0.3, -0.25) is 0 Å². The summed E-state index contributed by atoms with van der Waals surface area (Å²) in [6.45, 7) is 4.03. The summed E-state index contributed by atoms with van der Waals surface area (Å²) in [6.07, 6.45) is -0.0846. The van der Waals surface area contributed by atoms with Crippen molar-refractivity contribution < 1.29 is 9.84 Å². The Kier molecular flexibility index (Phi) is 4.69. The van der Waals surface area contributed by atoms with Crippen LogP contribution in [0.2, 0.25) is 5.02 Å². The SMILES string of the molecule is COc1ccc(Cl)cc1CC(O)c1c(C)cccc1C. The first-order valence-electron chi connectivity index (χ1n) is 6.59. The first kappa shape index (κ1) is 14.9. The second-order valence-electron chi connectivity index (χ2n) is 4.98. The molecule has 0 aromatic heterocycles. The molecule has 1 atom stereocenters. The van der Waals surface area contributed by atoms with E-state index >= 15 is 0 Å². The van der Waals surface area contributed by atoms with Crippen LogP contribution in [0.5, 0.6) is 5.75 Å². The van der Waals surface area contributed by atoms with Gasteiger partial charge in [-0.1, -0.05) is 29.8 Å². The summed E-state index contributed by atoms with van der Waals surface area (Å²) in [5.74, 6) is 0.750. The van der Waals surface area contributed by atoms with Gasteiger partial charge in [0.25, 0.3) is 0 Å². The van der Waals surface area contributed by atoms with E-state index in [1.807, 2.05) is 44.2 Å². The smallest absolute Gasteiger partial charge is 0.122 e. The van der Waals surface area contributed by atoms with Crippen LogP contribution in [-0.4, -0.2) is 12.2 Å². The maximum atomic E-state index is 10.5. The second kappa shape index (κ2) is 6.29. The molecule has 1 N–H and O–H groups in total. The highest BCUT2D eigenvalue weighted by atomic mass is 35.5. The van der Waals surface area contributed by atoms with E-state index in [-0.39, 0.29) is 0 Å². The van der Waals surface area contributed by atoms with Crippen LogP contribution in [-0.2, 0) is 6.42 Å². The lowest BCUT2D eigenvalue weighted by Gasteiger charge is -2.18. The van der Waals surface area contributed by atoms with Crippen molar-refractivity contribution in [3.05, 3.63) is 63.7 Å². The van der Waals surface area contributed by atoms with Gasteiger partial charge in [0, 0.05) is 11.4 Å². The Morgan fingerprint density at radius 2 is 1.80 bits per heavy atom.